The topological polar surface area (TPSA) is 17.1 Å². The van der Waals surface area contributed by atoms with E-state index in [1.54, 1.807) is 0 Å². The molecular formula is C8H11BrO. The number of rotatable bonds is 2. The van der Waals surface area contributed by atoms with Crippen molar-refractivity contribution in [3.63, 3.8) is 0 Å². The predicted molar refractivity (Wildman–Crippen MR) is 43.1 cm³/mol. The van der Waals surface area contributed by atoms with Crippen molar-refractivity contribution < 1.29 is 4.79 Å². The number of carbonyl (C=O) groups is 1. The molecular weight excluding hydrogens is 192 g/mol. The van der Waals surface area contributed by atoms with E-state index in [2.05, 4.69) is 15.9 Å². The fourth-order valence-electron chi connectivity index (χ4n) is 2.39. The van der Waals surface area contributed by atoms with Crippen LogP contribution in [0.1, 0.15) is 19.3 Å². The predicted octanol–water partition coefficient (Wildman–Crippen LogP) is 2.00. The van der Waals surface area contributed by atoms with Crippen molar-refractivity contribution >= 4 is 21.7 Å². The molecule has 0 bridgehead atoms. The van der Waals surface area contributed by atoms with E-state index in [0.29, 0.717) is 17.0 Å². The molecule has 1 nitrogen and oxygen atoms in total. The fraction of sp³-hybridized carbons (Fsp3) is 0.875. The molecule has 10 heavy (non-hydrogen) atoms. The Hall–Kier alpha value is 0.150. The van der Waals surface area contributed by atoms with Gasteiger partial charge in [0.15, 0.2) is 0 Å². The first kappa shape index (κ1) is 6.84. The van der Waals surface area contributed by atoms with Gasteiger partial charge in [-0.1, -0.05) is 22.4 Å². The van der Waals surface area contributed by atoms with Crippen LogP contribution < -0.4 is 0 Å². The van der Waals surface area contributed by atoms with E-state index in [-0.39, 0.29) is 0 Å². The minimum Gasteiger partial charge on any atom is -0.298 e. The molecule has 2 atom stereocenters. The molecule has 56 valence electrons. The summed E-state index contributed by atoms with van der Waals surface area (Å²) in [7, 11) is 0. The lowest BCUT2D eigenvalue weighted by molar-refractivity contribution is -0.118. The lowest BCUT2D eigenvalue weighted by atomic mass is 10.1. The number of fused-ring (bicyclic) bond motifs is 1. The summed E-state index contributed by atoms with van der Waals surface area (Å²) in [6.45, 7) is 0. The third-order valence-electron chi connectivity index (χ3n) is 2.91. The van der Waals surface area contributed by atoms with Crippen molar-refractivity contribution in [2.75, 3.05) is 5.33 Å². The van der Waals surface area contributed by atoms with Crippen molar-refractivity contribution in [1.82, 2.24) is 0 Å². The van der Waals surface area contributed by atoms with Gasteiger partial charge in [0.1, 0.15) is 5.78 Å². The van der Waals surface area contributed by atoms with Crippen molar-refractivity contribution in [1.29, 1.82) is 0 Å². The second-order valence-electron chi connectivity index (χ2n) is 3.38. The number of halogens is 1. The Morgan fingerprint density at radius 3 is 2.50 bits per heavy atom. The van der Waals surface area contributed by atoms with Gasteiger partial charge in [0.25, 0.3) is 0 Å². The first-order valence-corrected chi connectivity index (χ1v) is 5.05. The van der Waals surface area contributed by atoms with Gasteiger partial charge in [-0.3, -0.25) is 4.79 Å². The van der Waals surface area contributed by atoms with Gasteiger partial charge < -0.3 is 0 Å². The summed E-state index contributed by atoms with van der Waals surface area (Å²) in [4.78, 5) is 11.1. The van der Waals surface area contributed by atoms with Gasteiger partial charge in [-0.25, -0.2) is 0 Å². The fourth-order valence-corrected chi connectivity index (χ4v) is 2.76. The zero-order valence-corrected chi connectivity index (χ0v) is 7.43. The number of ketones is 1. The second-order valence-corrected chi connectivity index (χ2v) is 3.95. The highest BCUT2D eigenvalue weighted by molar-refractivity contribution is 9.09. The van der Waals surface area contributed by atoms with Gasteiger partial charge in [0.05, 0.1) is 5.33 Å². The number of hydrogen-bond donors (Lipinski definition) is 0. The Labute approximate surface area is 69.3 Å². The quantitative estimate of drug-likeness (QED) is 0.627. The Morgan fingerprint density at radius 2 is 2.00 bits per heavy atom. The summed E-state index contributed by atoms with van der Waals surface area (Å²) in [5.41, 5.74) is 0. The highest BCUT2D eigenvalue weighted by Crippen LogP contribution is 2.57. The number of hydrogen-bond acceptors (Lipinski definition) is 1. The number of carbonyl (C=O) groups excluding carboxylic acids is 1. The molecule has 0 radical (unpaired) electrons. The van der Waals surface area contributed by atoms with Gasteiger partial charge in [-0.15, -0.1) is 0 Å². The number of alkyl halides is 1. The lowest BCUT2D eigenvalue weighted by Crippen LogP contribution is -2.05. The normalized spacial score (nSPS) is 43.1. The van der Waals surface area contributed by atoms with Crippen LogP contribution >= 0.6 is 15.9 Å². The van der Waals surface area contributed by atoms with Crippen LogP contribution in [0.4, 0.5) is 0 Å². The van der Waals surface area contributed by atoms with Crippen molar-refractivity contribution in [2.24, 2.45) is 17.8 Å². The molecule has 0 heterocycles. The summed E-state index contributed by atoms with van der Waals surface area (Å²) >= 11 is 3.21. The molecule has 2 heteroatoms. The molecule has 0 aromatic rings. The Kier molecular flexibility index (Phi) is 1.59. The average Bonchev–Trinajstić information content (AvgIpc) is 2.43. The van der Waals surface area contributed by atoms with E-state index in [9.17, 15) is 4.79 Å². The van der Waals surface area contributed by atoms with Crippen LogP contribution in [0.2, 0.25) is 0 Å². The van der Waals surface area contributed by atoms with Crippen LogP contribution in [0.3, 0.4) is 0 Å². The van der Waals surface area contributed by atoms with Crippen LogP contribution in [0, 0.1) is 17.8 Å². The summed E-state index contributed by atoms with van der Waals surface area (Å²) < 4.78 is 0. The first-order valence-electron chi connectivity index (χ1n) is 3.93. The first-order chi connectivity index (χ1) is 4.84. The Bertz CT molecular complexity index is 157. The third kappa shape index (κ3) is 0.849. The monoisotopic (exact) mass is 202 g/mol. The van der Waals surface area contributed by atoms with E-state index < -0.39 is 0 Å². The van der Waals surface area contributed by atoms with E-state index in [1.165, 1.54) is 19.3 Å². The van der Waals surface area contributed by atoms with Crippen molar-refractivity contribution in [2.45, 2.75) is 19.3 Å². The lowest BCUT2D eigenvalue weighted by Gasteiger charge is -1.96. The SMILES string of the molecule is O=C(CBr)C1C2CCCC21. The molecule has 2 aliphatic carbocycles. The van der Waals surface area contributed by atoms with Gasteiger partial charge in [-0.05, 0) is 24.7 Å². The highest BCUT2D eigenvalue weighted by Gasteiger charge is 2.55. The van der Waals surface area contributed by atoms with Crippen LogP contribution in [-0.4, -0.2) is 11.1 Å². The van der Waals surface area contributed by atoms with Crippen LogP contribution in [0.15, 0.2) is 0 Å². The molecule has 0 aromatic heterocycles. The Morgan fingerprint density at radius 1 is 1.40 bits per heavy atom. The molecule has 0 aromatic carbocycles. The molecule has 0 aliphatic heterocycles. The zero-order chi connectivity index (χ0) is 7.14. The zero-order valence-electron chi connectivity index (χ0n) is 5.85. The summed E-state index contributed by atoms with van der Waals surface area (Å²) in [6.07, 6.45) is 3.99. The van der Waals surface area contributed by atoms with Crippen molar-refractivity contribution in [3.8, 4) is 0 Å². The maximum Gasteiger partial charge on any atom is 0.147 e. The van der Waals surface area contributed by atoms with E-state index in [4.69, 9.17) is 0 Å². The van der Waals surface area contributed by atoms with E-state index in [0.717, 1.165) is 11.8 Å². The summed E-state index contributed by atoms with van der Waals surface area (Å²) in [5.74, 6) is 2.50. The summed E-state index contributed by atoms with van der Waals surface area (Å²) in [6, 6.07) is 0. The molecule has 0 spiro atoms. The molecule has 2 fully saturated rings. The minimum atomic E-state index is 0.440. The van der Waals surface area contributed by atoms with E-state index in [1.807, 2.05) is 0 Å². The van der Waals surface area contributed by atoms with Crippen molar-refractivity contribution in [3.05, 3.63) is 0 Å². The van der Waals surface area contributed by atoms with Crippen LogP contribution in [0.5, 0.6) is 0 Å². The van der Waals surface area contributed by atoms with Crippen LogP contribution in [0.25, 0.3) is 0 Å². The highest BCUT2D eigenvalue weighted by atomic mass is 79.9. The van der Waals surface area contributed by atoms with E-state index >= 15 is 0 Å². The van der Waals surface area contributed by atoms with Gasteiger partial charge in [0.2, 0.25) is 0 Å². The molecule has 2 unspecified atom stereocenters. The maximum absolute atomic E-state index is 11.1. The minimum absolute atomic E-state index is 0.440. The smallest absolute Gasteiger partial charge is 0.147 e. The molecule has 2 rings (SSSR count). The molecule has 2 saturated carbocycles. The van der Waals surface area contributed by atoms with Gasteiger partial charge >= 0.3 is 0 Å². The Balaban J connectivity index is 1.94. The summed E-state index contributed by atoms with van der Waals surface area (Å²) in [5, 5.41) is 0.574. The largest absolute Gasteiger partial charge is 0.298 e. The molecule has 2 aliphatic rings. The van der Waals surface area contributed by atoms with Gasteiger partial charge in [-0.2, -0.15) is 0 Å². The standard InChI is InChI=1S/C8H11BrO/c9-4-7(10)8-5-2-1-3-6(5)8/h5-6,8H,1-4H2. The molecule has 0 saturated heterocycles. The third-order valence-corrected chi connectivity index (χ3v) is 3.46. The van der Waals surface area contributed by atoms with Gasteiger partial charge in [0, 0.05) is 5.92 Å². The molecule has 0 amide bonds. The second kappa shape index (κ2) is 2.33. The van der Waals surface area contributed by atoms with Crippen LogP contribution in [-0.2, 0) is 4.79 Å². The molecule has 0 N–H and O–H groups in total. The number of Topliss-reactive ketones (excluding diaryl/α,β-unsaturated/α-hetero) is 1. The average molecular weight is 203 g/mol. The maximum atomic E-state index is 11.1.